The lowest BCUT2D eigenvalue weighted by molar-refractivity contribution is -0.130. The number of hydrogen-bond donors (Lipinski definition) is 2. The van der Waals surface area contributed by atoms with E-state index in [4.69, 9.17) is 10.5 Å². The topological polar surface area (TPSA) is 83.2 Å². The molecule has 0 spiro atoms. The van der Waals surface area contributed by atoms with Crippen molar-refractivity contribution in [3.05, 3.63) is 34.3 Å². The molecule has 0 radical (unpaired) electrons. The number of ether oxygens (including phenoxy) is 1. The summed E-state index contributed by atoms with van der Waals surface area (Å²) in [6.45, 7) is 6.38. The molecule has 28 heavy (non-hydrogen) atoms. The van der Waals surface area contributed by atoms with E-state index in [0.29, 0.717) is 32.0 Å². The molecule has 1 saturated heterocycles. The minimum atomic E-state index is 0. The number of nitrogens with zero attached hydrogens (tertiary/aromatic N) is 3. The predicted octanol–water partition coefficient (Wildman–Crippen LogP) is 2.04. The van der Waals surface area contributed by atoms with Gasteiger partial charge in [0.2, 0.25) is 5.91 Å². The second-order valence-corrected chi connectivity index (χ2v) is 7.45. The van der Waals surface area contributed by atoms with E-state index in [-0.39, 0.29) is 29.9 Å². The number of morpholine rings is 1. The van der Waals surface area contributed by atoms with Crippen LogP contribution in [0.25, 0.3) is 0 Å². The van der Waals surface area contributed by atoms with E-state index >= 15 is 0 Å². The van der Waals surface area contributed by atoms with Gasteiger partial charge in [-0.15, -0.1) is 24.0 Å². The number of guanidine groups is 1. The van der Waals surface area contributed by atoms with Crippen LogP contribution in [0.5, 0.6) is 0 Å². The van der Waals surface area contributed by atoms with Crippen molar-refractivity contribution in [1.29, 1.82) is 0 Å². The standard InChI is InChI=1S/C19H30BrN5O2.HI/c1-24(15-16-5-2-3-6-17(16)20)18(26)7-9-23-19(21)22-8-4-10-25-11-13-27-14-12-25;/h2-3,5-6H,4,7-15H2,1H3,(H3,21,22,23);1H. The summed E-state index contributed by atoms with van der Waals surface area (Å²) in [5, 5.41) is 3.02. The molecule has 0 bridgehead atoms. The molecular formula is C19H31BrIN5O2. The number of carbonyl (C=O) groups excluding carboxylic acids is 1. The highest BCUT2D eigenvalue weighted by Gasteiger charge is 2.11. The highest BCUT2D eigenvalue weighted by Crippen LogP contribution is 2.17. The quantitative estimate of drug-likeness (QED) is 0.206. The number of benzene rings is 1. The number of aliphatic imine (C=N–C) groups is 1. The first kappa shape index (κ1) is 25.1. The van der Waals surface area contributed by atoms with Crippen molar-refractivity contribution in [2.45, 2.75) is 19.4 Å². The van der Waals surface area contributed by atoms with Crippen LogP contribution in [-0.2, 0) is 16.1 Å². The maximum Gasteiger partial charge on any atom is 0.224 e. The summed E-state index contributed by atoms with van der Waals surface area (Å²) in [7, 11) is 1.81. The number of halogens is 2. The molecule has 0 atom stereocenters. The van der Waals surface area contributed by atoms with Crippen LogP contribution in [0.4, 0.5) is 0 Å². The Balaban J connectivity index is 0.00000392. The van der Waals surface area contributed by atoms with Gasteiger partial charge in [0.15, 0.2) is 5.96 Å². The van der Waals surface area contributed by atoms with Crippen LogP contribution in [0.15, 0.2) is 33.7 Å². The van der Waals surface area contributed by atoms with Gasteiger partial charge in [-0.1, -0.05) is 34.1 Å². The Bertz CT molecular complexity index is 626. The summed E-state index contributed by atoms with van der Waals surface area (Å²) < 4.78 is 6.34. The van der Waals surface area contributed by atoms with Crippen molar-refractivity contribution in [2.24, 2.45) is 10.7 Å². The van der Waals surface area contributed by atoms with Crippen LogP contribution in [0.2, 0.25) is 0 Å². The molecule has 1 fully saturated rings. The fraction of sp³-hybridized carbons (Fsp3) is 0.579. The smallest absolute Gasteiger partial charge is 0.224 e. The first-order valence-corrected chi connectivity index (χ1v) is 10.2. The highest BCUT2D eigenvalue weighted by atomic mass is 127. The van der Waals surface area contributed by atoms with Crippen LogP contribution in [0, 0.1) is 0 Å². The van der Waals surface area contributed by atoms with E-state index in [1.54, 1.807) is 4.90 Å². The molecule has 1 aromatic rings. The molecule has 3 N–H and O–H groups in total. The largest absolute Gasteiger partial charge is 0.379 e. The third-order valence-electron chi connectivity index (χ3n) is 4.45. The van der Waals surface area contributed by atoms with Gasteiger partial charge in [-0.25, -0.2) is 0 Å². The van der Waals surface area contributed by atoms with Crippen LogP contribution in [0.1, 0.15) is 18.4 Å². The van der Waals surface area contributed by atoms with Crippen molar-refractivity contribution in [2.75, 3.05) is 53.0 Å². The lowest BCUT2D eigenvalue weighted by atomic mass is 10.2. The van der Waals surface area contributed by atoms with Crippen molar-refractivity contribution in [3.63, 3.8) is 0 Å². The second kappa shape index (κ2) is 14.1. The first-order chi connectivity index (χ1) is 13.1. The fourth-order valence-electron chi connectivity index (χ4n) is 2.83. The van der Waals surface area contributed by atoms with Gasteiger partial charge in [0.25, 0.3) is 0 Å². The average Bonchev–Trinajstić information content (AvgIpc) is 2.67. The van der Waals surface area contributed by atoms with Gasteiger partial charge in [0.1, 0.15) is 0 Å². The molecule has 1 heterocycles. The molecule has 0 aromatic heterocycles. The molecule has 158 valence electrons. The van der Waals surface area contributed by atoms with Crippen LogP contribution < -0.4 is 11.1 Å². The molecule has 1 aromatic carbocycles. The Morgan fingerprint density at radius 1 is 1.36 bits per heavy atom. The number of rotatable bonds is 9. The van der Waals surface area contributed by atoms with Gasteiger partial charge in [-0.2, -0.15) is 0 Å². The molecular weight excluding hydrogens is 537 g/mol. The molecule has 1 aliphatic rings. The zero-order valence-electron chi connectivity index (χ0n) is 16.4. The minimum Gasteiger partial charge on any atom is -0.379 e. The van der Waals surface area contributed by atoms with Crippen molar-refractivity contribution in [3.8, 4) is 0 Å². The van der Waals surface area contributed by atoms with Gasteiger partial charge < -0.3 is 20.7 Å². The summed E-state index contributed by atoms with van der Waals surface area (Å²) in [6.07, 6.45) is 1.35. The van der Waals surface area contributed by atoms with E-state index < -0.39 is 0 Å². The van der Waals surface area contributed by atoms with Gasteiger partial charge in [0, 0.05) is 57.2 Å². The SMILES string of the molecule is CN(Cc1ccccc1Br)C(=O)CCNC(N)=NCCCN1CCOCC1.I. The zero-order valence-corrected chi connectivity index (χ0v) is 20.3. The van der Waals surface area contributed by atoms with E-state index in [1.807, 2.05) is 31.3 Å². The van der Waals surface area contributed by atoms with Crippen LogP contribution >= 0.6 is 39.9 Å². The average molecular weight is 568 g/mol. The molecule has 1 aliphatic heterocycles. The lowest BCUT2D eigenvalue weighted by Crippen LogP contribution is -2.37. The monoisotopic (exact) mass is 567 g/mol. The number of amides is 1. The summed E-state index contributed by atoms with van der Waals surface area (Å²) in [5.41, 5.74) is 6.96. The van der Waals surface area contributed by atoms with Crippen molar-refractivity contribution < 1.29 is 9.53 Å². The molecule has 0 aliphatic carbocycles. The minimum absolute atomic E-state index is 0. The van der Waals surface area contributed by atoms with Gasteiger partial charge in [-0.3, -0.25) is 14.7 Å². The van der Waals surface area contributed by atoms with E-state index in [1.165, 1.54) is 0 Å². The Morgan fingerprint density at radius 3 is 2.79 bits per heavy atom. The van der Waals surface area contributed by atoms with E-state index in [0.717, 1.165) is 49.3 Å². The molecule has 9 heteroatoms. The Labute approximate surface area is 193 Å². The lowest BCUT2D eigenvalue weighted by Gasteiger charge is -2.26. The maximum atomic E-state index is 12.2. The number of nitrogens with two attached hydrogens (primary N) is 1. The van der Waals surface area contributed by atoms with Crippen LogP contribution in [0.3, 0.4) is 0 Å². The van der Waals surface area contributed by atoms with Crippen molar-refractivity contribution in [1.82, 2.24) is 15.1 Å². The van der Waals surface area contributed by atoms with E-state index in [9.17, 15) is 4.79 Å². The zero-order chi connectivity index (χ0) is 19.5. The number of carbonyl (C=O) groups is 1. The molecule has 0 unspecified atom stereocenters. The summed E-state index contributed by atoms with van der Waals surface area (Å²) in [5.74, 6) is 0.469. The first-order valence-electron chi connectivity index (χ1n) is 9.37. The maximum absolute atomic E-state index is 12.2. The molecule has 7 nitrogen and oxygen atoms in total. The predicted molar refractivity (Wildman–Crippen MR) is 127 cm³/mol. The van der Waals surface area contributed by atoms with Gasteiger partial charge in [0.05, 0.1) is 13.2 Å². The molecule has 2 rings (SSSR count). The van der Waals surface area contributed by atoms with E-state index in [2.05, 4.69) is 31.1 Å². The Kier molecular flexibility index (Phi) is 12.7. The normalized spacial score (nSPS) is 15.0. The second-order valence-electron chi connectivity index (χ2n) is 6.59. The molecule has 1 amide bonds. The van der Waals surface area contributed by atoms with Gasteiger partial charge >= 0.3 is 0 Å². The number of nitrogens with one attached hydrogen (secondary N) is 1. The number of hydrogen-bond acceptors (Lipinski definition) is 4. The van der Waals surface area contributed by atoms with Gasteiger partial charge in [-0.05, 0) is 18.1 Å². The summed E-state index contributed by atoms with van der Waals surface area (Å²) >= 11 is 3.51. The summed E-state index contributed by atoms with van der Waals surface area (Å²) in [6, 6.07) is 7.91. The molecule has 0 saturated carbocycles. The third-order valence-corrected chi connectivity index (χ3v) is 5.23. The highest BCUT2D eigenvalue weighted by molar-refractivity contribution is 14.0. The fourth-order valence-corrected chi connectivity index (χ4v) is 3.24. The summed E-state index contributed by atoms with van der Waals surface area (Å²) in [4.78, 5) is 20.7. The van der Waals surface area contributed by atoms with Crippen LogP contribution in [-0.4, -0.2) is 74.7 Å². The Hall–Kier alpha value is -0.910. The third kappa shape index (κ3) is 9.53. The van der Waals surface area contributed by atoms with Crippen molar-refractivity contribution >= 4 is 51.8 Å². The Morgan fingerprint density at radius 2 is 2.07 bits per heavy atom.